The van der Waals surface area contributed by atoms with E-state index in [-0.39, 0.29) is 18.3 Å². The van der Waals surface area contributed by atoms with Crippen LogP contribution in [0.5, 0.6) is 5.75 Å². The van der Waals surface area contributed by atoms with Gasteiger partial charge in [0.2, 0.25) is 0 Å². The zero-order valence-electron chi connectivity index (χ0n) is 12.2. The maximum atomic E-state index is 12.3. The number of para-hydroxylation sites is 1. The highest BCUT2D eigenvalue weighted by molar-refractivity contribution is 5.96. The van der Waals surface area contributed by atoms with Gasteiger partial charge in [-0.25, -0.2) is 0 Å². The molecule has 20 heavy (non-hydrogen) atoms. The summed E-state index contributed by atoms with van der Waals surface area (Å²) in [4.78, 5) is 25.1. The molecule has 0 N–H and O–H groups in total. The lowest BCUT2D eigenvalue weighted by molar-refractivity contribution is -0.143. The second-order valence-electron chi connectivity index (χ2n) is 4.21. The van der Waals surface area contributed by atoms with Gasteiger partial charge in [0.05, 0.1) is 25.2 Å². The van der Waals surface area contributed by atoms with Crippen molar-refractivity contribution in [2.45, 2.75) is 20.3 Å². The van der Waals surface area contributed by atoms with Gasteiger partial charge in [-0.1, -0.05) is 12.1 Å². The molecule has 1 aromatic rings. The summed E-state index contributed by atoms with van der Waals surface area (Å²) < 4.78 is 10.3. The summed E-state index contributed by atoms with van der Waals surface area (Å²) in [5, 5.41) is 0. The van der Waals surface area contributed by atoms with Crippen molar-refractivity contribution < 1.29 is 19.1 Å². The lowest BCUT2D eigenvalue weighted by Crippen LogP contribution is -2.29. The molecule has 0 unspecified atom stereocenters. The van der Waals surface area contributed by atoms with Gasteiger partial charge in [-0.05, 0) is 26.0 Å². The van der Waals surface area contributed by atoms with Crippen molar-refractivity contribution in [1.29, 1.82) is 0 Å². The fourth-order valence-corrected chi connectivity index (χ4v) is 1.72. The Labute approximate surface area is 119 Å². The minimum absolute atomic E-state index is 0.168. The van der Waals surface area contributed by atoms with E-state index in [0.717, 1.165) is 0 Å². The van der Waals surface area contributed by atoms with E-state index < -0.39 is 0 Å². The molecular formula is C15H21NO4. The molecule has 5 heteroatoms. The predicted octanol–water partition coefficient (Wildman–Crippen LogP) is 2.11. The third kappa shape index (κ3) is 4.57. The summed E-state index contributed by atoms with van der Waals surface area (Å²) in [5.74, 6) is 0.0894. The molecular weight excluding hydrogens is 258 g/mol. The van der Waals surface area contributed by atoms with E-state index in [9.17, 15) is 9.59 Å². The first kappa shape index (κ1) is 16.0. The summed E-state index contributed by atoms with van der Waals surface area (Å²) in [5.41, 5.74) is 0.501. The lowest BCUT2D eigenvalue weighted by atomic mass is 10.1. The van der Waals surface area contributed by atoms with Crippen LogP contribution < -0.4 is 4.74 Å². The van der Waals surface area contributed by atoms with Gasteiger partial charge >= 0.3 is 5.97 Å². The van der Waals surface area contributed by atoms with Crippen LogP contribution in [0.4, 0.5) is 0 Å². The van der Waals surface area contributed by atoms with E-state index in [0.29, 0.717) is 31.1 Å². The van der Waals surface area contributed by atoms with Gasteiger partial charge in [-0.2, -0.15) is 0 Å². The van der Waals surface area contributed by atoms with E-state index in [2.05, 4.69) is 0 Å². The molecule has 0 fully saturated rings. The number of carbonyl (C=O) groups excluding carboxylic acids is 2. The normalized spacial score (nSPS) is 9.95. The molecule has 0 aliphatic carbocycles. The van der Waals surface area contributed by atoms with Crippen molar-refractivity contribution in [3.63, 3.8) is 0 Å². The van der Waals surface area contributed by atoms with Crippen LogP contribution in [-0.4, -0.2) is 43.6 Å². The Bertz CT molecular complexity index is 459. The highest BCUT2D eigenvalue weighted by Crippen LogP contribution is 2.19. The van der Waals surface area contributed by atoms with Crippen molar-refractivity contribution in [2.24, 2.45) is 0 Å². The largest absolute Gasteiger partial charge is 0.493 e. The molecule has 0 saturated heterocycles. The number of ether oxygens (including phenoxy) is 2. The standard InChI is InChI=1S/C15H21NO4/c1-4-19-13-9-7-6-8-12(13)15(18)16(3)11-10-14(17)20-5-2/h6-9H,4-5,10-11H2,1-3H3. The quantitative estimate of drug-likeness (QED) is 0.717. The Morgan fingerprint density at radius 2 is 1.85 bits per heavy atom. The first-order valence-corrected chi connectivity index (χ1v) is 6.73. The number of amides is 1. The van der Waals surface area contributed by atoms with Gasteiger partial charge in [-0.15, -0.1) is 0 Å². The molecule has 0 radical (unpaired) electrons. The number of hydrogen-bond acceptors (Lipinski definition) is 4. The Kier molecular flexibility index (Phi) is 6.56. The second-order valence-corrected chi connectivity index (χ2v) is 4.21. The molecule has 0 atom stereocenters. The fourth-order valence-electron chi connectivity index (χ4n) is 1.72. The SMILES string of the molecule is CCOC(=O)CCN(C)C(=O)c1ccccc1OCC. The van der Waals surface area contributed by atoms with Crippen LogP contribution in [0.2, 0.25) is 0 Å². The van der Waals surface area contributed by atoms with Crippen LogP contribution in [0.3, 0.4) is 0 Å². The molecule has 0 heterocycles. The summed E-state index contributed by atoms with van der Waals surface area (Å²) in [6.07, 6.45) is 0.187. The monoisotopic (exact) mass is 279 g/mol. The zero-order chi connectivity index (χ0) is 15.0. The Hall–Kier alpha value is -2.04. The summed E-state index contributed by atoms with van der Waals surface area (Å²) >= 11 is 0. The van der Waals surface area contributed by atoms with Crippen molar-refractivity contribution >= 4 is 11.9 Å². The van der Waals surface area contributed by atoms with Crippen LogP contribution in [0, 0.1) is 0 Å². The fraction of sp³-hybridized carbons (Fsp3) is 0.467. The van der Waals surface area contributed by atoms with Gasteiger partial charge in [0.25, 0.3) is 5.91 Å². The number of nitrogens with zero attached hydrogens (tertiary/aromatic N) is 1. The van der Waals surface area contributed by atoms with Crippen molar-refractivity contribution in [2.75, 3.05) is 26.8 Å². The van der Waals surface area contributed by atoms with Crippen molar-refractivity contribution in [3.8, 4) is 5.75 Å². The molecule has 0 spiro atoms. The minimum Gasteiger partial charge on any atom is -0.493 e. The van der Waals surface area contributed by atoms with Gasteiger partial charge in [0.15, 0.2) is 0 Å². The molecule has 1 aromatic carbocycles. The van der Waals surface area contributed by atoms with Crippen LogP contribution in [0.25, 0.3) is 0 Å². The highest BCUT2D eigenvalue weighted by Gasteiger charge is 2.17. The summed E-state index contributed by atoms with van der Waals surface area (Å²) in [6.45, 7) is 4.79. The third-order valence-electron chi connectivity index (χ3n) is 2.72. The van der Waals surface area contributed by atoms with Crippen LogP contribution in [-0.2, 0) is 9.53 Å². The number of esters is 1. The average Bonchev–Trinajstić information content (AvgIpc) is 2.45. The summed E-state index contributed by atoms with van der Waals surface area (Å²) in [7, 11) is 1.66. The average molecular weight is 279 g/mol. The Morgan fingerprint density at radius 1 is 1.15 bits per heavy atom. The molecule has 0 aliphatic rings. The number of benzene rings is 1. The first-order valence-electron chi connectivity index (χ1n) is 6.73. The van der Waals surface area contributed by atoms with Crippen LogP contribution >= 0.6 is 0 Å². The van der Waals surface area contributed by atoms with E-state index in [1.54, 1.807) is 32.2 Å². The number of rotatable bonds is 7. The van der Waals surface area contributed by atoms with Crippen molar-refractivity contribution in [3.05, 3.63) is 29.8 Å². The molecule has 0 saturated carbocycles. The van der Waals surface area contributed by atoms with Gasteiger partial charge in [0.1, 0.15) is 5.75 Å². The molecule has 110 valence electrons. The molecule has 0 aromatic heterocycles. The maximum Gasteiger partial charge on any atom is 0.307 e. The minimum atomic E-state index is -0.301. The number of hydrogen-bond donors (Lipinski definition) is 0. The van der Waals surface area contributed by atoms with Gasteiger partial charge in [0, 0.05) is 13.6 Å². The lowest BCUT2D eigenvalue weighted by Gasteiger charge is -2.18. The Morgan fingerprint density at radius 3 is 2.50 bits per heavy atom. The first-order chi connectivity index (χ1) is 9.60. The van der Waals surface area contributed by atoms with Crippen molar-refractivity contribution in [1.82, 2.24) is 4.90 Å². The van der Waals surface area contributed by atoms with E-state index in [1.807, 2.05) is 13.0 Å². The van der Waals surface area contributed by atoms with E-state index >= 15 is 0 Å². The van der Waals surface area contributed by atoms with E-state index in [1.165, 1.54) is 4.90 Å². The maximum absolute atomic E-state index is 12.3. The Balaban J connectivity index is 2.67. The topological polar surface area (TPSA) is 55.8 Å². The smallest absolute Gasteiger partial charge is 0.307 e. The van der Waals surface area contributed by atoms with Crippen LogP contribution in [0.1, 0.15) is 30.6 Å². The molecule has 1 amide bonds. The predicted molar refractivity (Wildman–Crippen MR) is 75.8 cm³/mol. The highest BCUT2D eigenvalue weighted by atomic mass is 16.5. The molecule has 0 aliphatic heterocycles. The third-order valence-corrected chi connectivity index (χ3v) is 2.72. The molecule has 5 nitrogen and oxygen atoms in total. The second kappa shape index (κ2) is 8.19. The summed E-state index contributed by atoms with van der Waals surface area (Å²) in [6, 6.07) is 7.08. The van der Waals surface area contributed by atoms with E-state index in [4.69, 9.17) is 9.47 Å². The molecule has 1 rings (SSSR count). The van der Waals surface area contributed by atoms with Gasteiger partial charge in [-0.3, -0.25) is 9.59 Å². The number of carbonyl (C=O) groups is 2. The van der Waals surface area contributed by atoms with Gasteiger partial charge < -0.3 is 14.4 Å². The molecule has 0 bridgehead atoms. The van der Waals surface area contributed by atoms with Crippen LogP contribution in [0.15, 0.2) is 24.3 Å². The zero-order valence-corrected chi connectivity index (χ0v) is 12.2.